The summed E-state index contributed by atoms with van der Waals surface area (Å²) < 4.78 is 0. The molecule has 2 aliphatic rings. The molecular formula is C15H20BrN. The zero-order valence-corrected chi connectivity index (χ0v) is 11.8. The van der Waals surface area contributed by atoms with Crippen LogP contribution in [0.25, 0.3) is 0 Å². The molecule has 1 aromatic carbocycles. The first-order valence-electron chi connectivity index (χ1n) is 6.75. The van der Waals surface area contributed by atoms with Gasteiger partial charge in [0.05, 0.1) is 0 Å². The molecule has 1 aromatic rings. The van der Waals surface area contributed by atoms with E-state index in [4.69, 9.17) is 0 Å². The quantitative estimate of drug-likeness (QED) is 0.710. The lowest BCUT2D eigenvalue weighted by atomic mass is 10.2. The van der Waals surface area contributed by atoms with E-state index >= 15 is 0 Å². The third-order valence-electron chi connectivity index (χ3n) is 3.81. The van der Waals surface area contributed by atoms with Gasteiger partial charge in [-0.25, -0.2) is 0 Å². The van der Waals surface area contributed by atoms with Gasteiger partial charge in [0.2, 0.25) is 0 Å². The van der Waals surface area contributed by atoms with E-state index in [1.54, 1.807) is 0 Å². The Morgan fingerprint density at radius 2 is 1.47 bits per heavy atom. The number of hydrogen-bond acceptors (Lipinski definition) is 1. The van der Waals surface area contributed by atoms with Crippen molar-refractivity contribution in [2.24, 2.45) is 11.8 Å². The van der Waals surface area contributed by atoms with Gasteiger partial charge in [-0.3, -0.25) is 0 Å². The highest BCUT2D eigenvalue weighted by Gasteiger charge is 2.29. The van der Waals surface area contributed by atoms with E-state index in [1.807, 2.05) is 0 Å². The molecule has 0 unspecified atom stereocenters. The highest BCUT2D eigenvalue weighted by Crippen LogP contribution is 2.35. The molecule has 0 aliphatic heterocycles. The Bertz CT molecular complexity index is 351. The minimum absolute atomic E-state index is 0.957. The number of halogens is 1. The van der Waals surface area contributed by atoms with Crippen LogP contribution in [0, 0.1) is 11.8 Å². The topological polar surface area (TPSA) is 3.24 Å². The molecule has 0 atom stereocenters. The van der Waals surface area contributed by atoms with Gasteiger partial charge in [0, 0.05) is 24.1 Å². The summed E-state index contributed by atoms with van der Waals surface area (Å²) in [5.41, 5.74) is 2.79. The molecule has 0 aromatic heterocycles. The van der Waals surface area contributed by atoms with Crippen LogP contribution in [0.5, 0.6) is 0 Å². The maximum atomic E-state index is 3.51. The fourth-order valence-electron chi connectivity index (χ4n) is 2.31. The van der Waals surface area contributed by atoms with Crippen molar-refractivity contribution in [3.05, 3.63) is 29.8 Å². The molecule has 2 aliphatic carbocycles. The fraction of sp³-hybridized carbons (Fsp3) is 0.600. The van der Waals surface area contributed by atoms with Gasteiger partial charge in [-0.2, -0.15) is 0 Å². The lowest BCUT2D eigenvalue weighted by Gasteiger charge is -2.25. The van der Waals surface area contributed by atoms with Crippen LogP contribution in [0.2, 0.25) is 0 Å². The molecule has 0 heterocycles. The third kappa shape index (κ3) is 3.25. The van der Waals surface area contributed by atoms with Crippen LogP contribution < -0.4 is 4.90 Å². The average Bonchev–Trinajstić information content (AvgIpc) is 3.23. The summed E-state index contributed by atoms with van der Waals surface area (Å²) >= 11 is 3.51. The summed E-state index contributed by atoms with van der Waals surface area (Å²) in [5, 5.41) is 0.957. The van der Waals surface area contributed by atoms with Crippen LogP contribution in [0.1, 0.15) is 31.2 Å². The van der Waals surface area contributed by atoms with Crippen molar-refractivity contribution in [3.8, 4) is 0 Å². The standard InChI is InChI=1S/C15H20BrN/c16-9-12-5-7-15(8-6-12)17(10-13-1-2-13)11-14-3-4-14/h5-8,13-14H,1-4,9-11H2. The van der Waals surface area contributed by atoms with E-state index in [1.165, 1.54) is 50.0 Å². The van der Waals surface area contributed by atoms with Crippen molar-refractivity contribution < 1.29 is 0 Å². The van der Waals surface area contributed by atoms with E-state index < -0.39 is 0 Å². The van der Waals surface area contributed by atoms with Crippen molar-refractivity contribution in [2.45, 2.75) is 31.0 Å². The maximum absolute atomic E-state index is 3.51. The second-order valence-corrected chi connectivity index (χ2v) is 6.15. The van der Waals surface area contributed by atoms with Gasteiger partial charge in [0.1, 0.15) is 0 Å². The predicted molar refractivity (Wildman–Crippen MR) is 76.7 cm³/mol. The van der Waals surface area contributed by atoms with Crippen LogP contribution in [0.4, 0.5) is 5.69 Å². The van der Waals surface area contributed by atoms with Crippen LogP contribution in [-0.4, -0.2) is 13.1 Å². The summed E-state index contributed by atoms with van der Waals surface area (Å²) in [6.45, 7) is 2.56. The highest BCUT2D eigenvalue weighted by molar-refractivity contribution is 9.08. The molecule has 2 saturated carbocycles. The molecule has 2 heteroatoms. The number of anilines is 1. The molecular weight excluding hydrogens is 274 g/mol. The molecule has 0 spiro atoms. The Hall–Kier alpha value is -0.500. The summed E-state index contributed by atoms with van der Waals surface area (Å²) in [6, 6.07) is 9.08. The lowest BCUT2D eigenvalue weighted by molar-refractivity contribution is 0.679. The first kappa shape index (κ1) is 11.6. The molecule has 0 amide bonds. The zero-order valence-electron chi connectivity index (χ0n) is 10.2. The normalized spacial score (nSPS) is 19.4. The summed E-state index contributed by atoms with van der Waals surface area (Å²) in [5.74, 6) is 1.95. The van der Waals surface area contributed by atoms with Crippen LogP contribution in [0.3, 0.4) is 0 Å². The molecule has 1 nitrogen and oxygen atoms in total. The van der Waals surface area contributed by atoms with Gasteiger partial charge in [-0.1, -0.05) is 28.1 Å². The molecule has 17 heavy (non-hydrogen) atoms. The third-order valence-corrected chi connectivity index (χ3v) is 4.45. The molecule has 0 N–H and O–H groups in total. The first-order chi connectivity index (χ1) is 8.35. The van der Waals surface area contributed by atoms with Crippen molar-refractivity contribution in [1.82, 2.24) is 0 Å². The second kappa shape index (κ2) is 5.01. The largest absolute Gasteiger partial charge is 0.371 e. The molecule has 92 valence electrons. The number of hydrogen-bond donors (Lipinski definition) is 0. The Morgan fingerprint density at radius 3 is 1.88 bits per heavy atom. The van der Waals surface area contributed by atoms with Crippen molar-refractivity contribution in [2.75, 3.05) is 18.0 Å². The number of benzene rings is 1. The average molecular weight is 294 g/mol. The number of alkyl halides is 1. The van der Waals surface area contributed by atoms with Crippen molar-refractivity contribution in [1.29, 1.82) is 0 Å². The number of nitrogens with zero attached hydrogens (tertiary/aromatic N) is 1. The van der Waals surface area contributed by atoms with E-state index in [0.717, 1.165) is 17.2 Å². The van der Waals surface area contributed by atoms with Gasteiger partial charge < -0.3 is 4.90 Å². The van der Waals surface area contributed by atoms with Gasteiger partial charge in [-0.15, -0.1) is 0 Å². The maximum Gasteiger partial charge on any atom is 0.0366 e. The molecule has 0 saturated heterocycles. The molecule has 3 rings (SSSR count). The SMILES string of the molecule is BrCc1ccc(N(CC2CC2)CC2CC2)cc1. The molecule has 0 radical (unpaired) electrons. The van der Waals surface area contributed by atoms with Gasteiger partial charge in [-0.05, 0) is 55.2 Å². The van der Waals surface area contributed by atoms with Gasteiger partial charge >= 0.3 is 0 Å². The monoisotopic (exact) mass is 293 g/mol. The smallest absolute Gasteiger partial charge is 0.0366 e. The Kier molecular flexibility index (Phi) is 3.41. The van der Waals surface area contributed by atoms with E-state index in [2.05, 4.69) is 45.1 Å². The van der Waals surface area contributed by atoms with Crippen LogP contribution >= 0.6 is 15.9 Å². The highest BCUT2D eigenvalue weighted by atomic mass is 79.9. The van der Waals surface area contributed by atoms with Crippen molar-refractivity contribution in [3.63, 3.8) is 0 Å². The summed E-state index contributed by atoms with van der Waals surface area (Å²) in [7, 11) is 0. The minimum atomic E-state index is 0.957. The minimum Gasteiger partial charge on any atom is -0.371 e. The predicted octanol–water partition coefficient (Wildman–Crippen LogP) is 4.21. The molecule has 2 fully saturated rings. The van der Waals surface area contributed by atoms with Crippen LogP contribution in [-0.2, 0) is 5.33 Å². The van der Waals surface area contributed by atoms with Crippen molar-refractivity contribution >= 4 is 21.6 Å². The Balaban J connectivity index is 1.69. The number of rotatable bonds is 6. The Morgan fingerprint density at radius 1 is 0.941 bits per heavy atom. The van der Waals surface area contributed by atoms with E-state index in [-0.39, 0.29) is 0 Å². The van der Waals surface area contributed by atoms with Gasteiger partial charge in [0.15, 0.2) is 0 Å². The molecule has 0 bridgehead atoms. The summed E-state index contributed by atoms with van der Waals surface area (Å²) in [6.07, 6.45) is 5.78. The van der Waals surface area contributed by atoms with E-state index in [9.17, 15) is 0 Å². The van der Waals surface area contributed by atoms with Crippen LogP contribution in [0.15, 0.2) is 24.3 Å². The van der Waals surface area contributed by atoms with Gasteiger partial charge in [0.25, 0.3) is 0 Å². The Labute approximate surface area is 112 Å². The second-order valence-electron chi connectivity index (χ2n) is 5.59. The van der Waals surface area contributed by atoms with E-state index in [0.29, 0.717) is 0 Å². The summed E-state index contributed by atoms with van der Waals surface area (Å²) in [4.78, 5) is 2.62. The first-order valence-corrected chi connectivity index (χ1v) is 7.87. The lowest BCUT2D eigenvalue weighted by Crippen LogP contribution is -2.27. The zero-order chi connectivity index (χ0) is 11.7. The fourth-order valence-corrected chi connectivity index (χ4v) is 2.68.